The Morgan fingerprint density at radius 2 is 2.05 bits per heavy atom. The molecule has 2 rings (SSSR count). The van der Waals surface area contributed by atoms with E-state index in [0.29, 0.717) is 11.4 Å². The van der Waals surface area contributed by atoms with Crippen molar-refractivity contribution >= 4 is 11.7 Å². The van der Waals surface area contributed by atoms with Crippen LogP contribution >= 0.6 is 0 Å². The maximum Gasteiger partial charge on any atom is 0.254 e. The van der Waals surface area contributed by atoms with E-state index in [1.54, 1.807) is 18.3 Å². The molecule has 1 fully saturated rings. The molecule has 6 nitrogen and oxygen atoms in total. The van der Waals surface area contributed by atoms with Gasteiger partial charge in [0.05, 0.1) is 0 Å². The number of nitrogens with zero attached hydrogens (tertiary/aromatic N) is 4. The Morgan fingerprint density at radius 1 is 1.35 bits per heavy atom. The van der Waals surface area contributed by atoms with Crippen LogP contribution in [0.1, 0.15) is 10.4 Å². The maximum absolute atomic E-state index is 12.3. The molecular formula is C14H23N5O. The van der Waals surface area contributed by atoms with Crippen LogP contribution in [0.25, 0.3) is 0 Å². The summed E-state index contributed by atoms with van der Waals surface area (Å²) in [6.45, 7) is 5.51. The molecule has 0 aromatic carbocycles. The lowest BCUT2D eigenvalue weighted by Crippen LogP contribution is -2.50. The standard InChI is InChI=1S/C14H23N5O/c1-17(2)5-6-18-7-9-19(10-8-18)14(20)12-3-4-16-13(15)11-12/h3-4,11H,5-10H2,1-2H3,(H2,15,16). The van der Waals surface area contributed by atoms with E-state index in [-0.39, 0.29) is 5.91 Å². The van der Waals surface area contributed by atoms with Crippen LogP contribution in [-0.4, -0.2) is 79.0 Å². The molecule has 0 saturated carbocycles. The number of likely N-dealkylation sites (N-methyl/N-ethyl adjacent to an activating group) is 1. The van der Waals surface area contributed by atoms with Gasteiger partial charge in [-0.15, -0.1) is 0 Å². The zero-order valence-corrected chi connectivity index (χ0v) is 12.2. The fourth-order valence-corrected chi connectivity index (χ4v) is 2.28. The average molecular weight is 277 g/mol. The van der Waals surface area contributed by atoms with Crippen LogP contribution in [0.4, 0.5) is 5.82 Å². The van der Waals surface area contributed by atoms with Crippen LogP contribution in [0.15, 0.2) is 18.3 Å². The number of amides is 1. The van der Waals surface area contributed by atoms with Crippen LogP contribution in [0.2, 0.25) is 0 Å². The van der Waals surface area contributed by atoms with Gasteiger partial charge in [-0.1, -0.05) is 0 Å². The number of aromatic nitrogens is 1. The quantitative estimate of drug-likeness (QED) is 0.838. The van der Waals surface area contributed by atoms with Gasteiger partial charge < -0.3 is 15.5 Å². The molecule has 2 heterocycles. The summed E-state index contributed by atoms with van der Waals surface area (Å²) in [6.07, 6.45) is 1.58. The zero-order valence-electron chi connectivity index (χ0n) is 12.2. The van der Waals surface area contributed by atoms with E-state index in [1.165, 1.54) is 0 Å². The second-order valence-electron chi connectivity index (χ2n) is 5.41. The van der Waals surface area contributed by atoms with Crippen molar-refractivity contribution in [3.8, 4) is 0 Å². The van der Waals surface area contributed by atoms with Crippen molar-refractivity contribution in [3.63, 3.8) is 0 Å². The minimum absolute atomic E-state index is 0.0476. The Kier molecular flexibility index (Phi) is 4.92. The molecule has 1 aromatic heterocycles. The topological polar surface area (TPSA) is 65.7 Å². The number of carbonyl (C=O) groups excluding carboxylic acids is 1. The second kappa shape index (κ2) is 6.67. The molecule has 0 bridgehead atoms. The van der Waals surface area contributed by atoms with Crippen LogP contribution in [-0.2, 0) is 0 Å². The lowest BCUT2D eigenvalue weighted by molar-refractivity contribution is 0.0629. The molecule has 0 spiro atoms. The average Bonchev–Trinajstić information content (AvgIpc) is 2.45. The highest BCUT2D eigenvalue weighted by Crippen LogP contribution is 2.10. The smallest absolute Gasteiger partial charge is 0.254 e. The first-order valence-corrected chi connectivity index (χ1v) is 6.94. The molecule has 1 aromatic rings. The zero-order chi connectivity index (χ0) is 14.5. The van der Waals surface area contributed by atoms with E-state index in [9.17, 15) is 4.79 Å². The van der Waals surface area contributed by atoms with E-state index in [1.807, 2.05) is 4.90 Å². The molecule has 0 unspecified atom stereocenters. The molecule has 1 aliphatic rings. The van der Waals surface area contributed by atoms with Gasteiger partial charge in [0, 0.05) is 51.0 Å². The number of nitrogens with two attached hydrogens (primary N) is 1. The molecule has 0 atom stereocenters. The lowest BCUT2D eigenvalue weighted by atomic mass is 10.2. The summed E-state index contributed by atoms with van der Waals surface area (Å²) in [5.41, 5.74) is 6.25. The van der Waals surface area contributed by atoms with Gasteiger partial charge in [-0.3, -0.25) is 9.69 Å². The third-order valence-electron chi connectivity index (χ3n) is 3.55. The van der Waals surface area contributed by atoms with Crippen molar-refractivity contribution in [2.24, 2.45) is 0 Å². The Balaban J connectivity index is 1.86. The van der Waals surface area contributed by atoms with Crippen molar-refractivity contribution < 1.29 is 4.79 Å². The Hall–Kier alpha value is -1.66. The van der Waals surface area contributed by atoms with Gasteiger partial charge in [-0.05, 0) is 26.2 Å². The van der Waals surface area contributed by atoms with E-state index < -0.39 is 0 Å². The fraction of sp³-hybridized carbons (Fsp3) is 0.571. The monoisotopic (exact) mass is 277 g/mol. The van der Waals surface area contributed by atoms with Crippen LogP contribution < -0.4 is 5.73 Å². The molecule has 1 saturated heterocycles. The second-order valence-corrected chi connectivity index (χ2v) is 5.41. The van der Waals surface area contributed by atoms with Crippen molar-refractivity contribution in [2.75, 3.05) is 59.1 Å². The van der Waals surface area contributed by atoms with Crippen molar-refractivity contribution in [1.82, 2.24) is 19.7 Å². The van der Waals surface area contributed by atoms with E-state index in [2.05, 4.69) is 28.9 Å². The predicted octanol–water partition coefficient (Wildman–Crippen LogP) is -0.0168. The highest BCUT2D eigenvalue weighted by atomic mass is 16.2. The van der Waals surface area contributed by atoms with Gasteiger partial charge in [-0.2, -0.15) is 0 Å². The first-order chi connectivity index (χ1) is 9.56. The fourth-order valence-electron chi connectivity index (χ4n) is 2.28. The number of hydrogen-bond acceptors (Lipinski definition) is 5. The summed E-state index contributed by atoms with van der Waals surface area (Å²) in [7, 11) is 4.15. The summed E-state index contributed by atoms with van der Waals surface area (Å²) >= 11 is 0. The summed E-state index contributed by atoms with van der Waals surface area (Å²) < 4.78 is 0. The first kappa shape index (κ1) is 14.7. The van der Waals surface area contributed by atoms with E-state index in [0.717, 1.165) is 39.3 Å². The number of hydrogen-bond donors (Lipinski definition) is 1. The number of anilines is 1. The molecule has 1 aliphatic heterocycles. The van der Waals surface area contributed by atoms with Gasteiger partial charge in [0.1, 0.15) is 5.82 Å². The van der Waals surface area contributed by atoms with Gasteiger partial charge in [0.2, 0.25) is 0 Å². The highest BCUT2D eigenvalue weighted by Gasteiger charge is 2.22. The molecule has 110 valence electrons. The van der Waals surface area contributed by atoms with Gasteiger partial charge in [0.25, 0.3) is 5.91 Å². The van der Waals surface area contributed by atoms with Crippen LogP contribution in [0, 0.1) is 0 Å². The molecule has 6 heteroatoms. The molecule has 20 heavy (non-hydrogen) atoms. The summed E-state index contributed by atoms with van der Waals surface area (Å²) in [6, 6.07) is 3.36. The number of piperazine rings is 1. The summed E-state index contributed by atoms with van der Waals surface area (Å²) in [5, 5.41) is 0. The first-order valence-electron chi connectivity index (χ1n) is 6.94. The normalized spacial score (nSPS) is 16.6. The molecule has 0 radical (unpaired) electrons. The lowest BCUT2D eigenvalue weighted by Gasteiger charge is -2.35. The molecule has 1 amide bonds. The number of rotatable bonds is 4. The third-order valence-corrected chi connectivity index (χ3v) is 3.55. The minimum Gasteiger partial charge on any atom is -0.384 e. The Bertz CT molecular complexity index is 455. The largest absolute Gasteiger partial charge is 0.384 e. The number of carbonyl (C=O) groups is 1. The maximum atomic E-state index is 12.3. The van der Waals surface area contributed by atoms with Crippen LogP contribution in [0.5, 0.6) is 0 Å². The van der Waals surface area contributed by atoms with Gasteiger partial charge in [0.15, 0.2) is 0 Å². The van der Waals surface area contributed by atoms with Crippen molar-refractivity contribution in [2.45, 2.75) is 0 Å². The van der Waals surface area contributed by atoms with Crippen molar-refractivity contribution in [1.29, 1.82) is 0 Å². The minimum atomic E-state index is 0.0476. The Labute approximate surface area is 120 Å². The summed E-state index contributed by atoms with van der Waals surface area (Å²) in [4.78, 5) is 22.7. The number of nitrogen functional groups attached to an aromatic ring is 1. The molecular weight excluding hydrogens is 254 g/mol. The van der Waals surface area contributed by atoms with Crippen LogP contribution in [0.3, 0.4) is 0 Å². The highest BCUT2D eigenvalue weighted by molar-refractivity contribution is 5.94. The molecule has 0 aliphatic carbocycles. The summed E-state index contributed by atoms with van der Waals surface area (Å²) in [5.74, 6) is 0.437. The van der Waals surface area contributed by atoms with E-state index >= 15 is 0 Å². The number of pyridine rings is 1. The van der Waals surface area contributed by atoms with Gasteiger partial charge >= 0.3 is 0 Å². The van der Waals surface area contributed by atoms with Gasteiger partial charge in [-0.25, -0.2) is 4.98 Å². The third kappa shape index (κ3) is 3.91. The Morgan fingerprint density at radius 3 is 2.65 bits per heavy atom. The van der Waals surface area contributed by atoms with Crippen molar-refractivity contribution in [3.05, 3.63) is 23.9 Å². The van der Waals surface area contributed by atoms with E-state index in [4.69, 9.17) is 5.73 Å². The predicted molar refractivity (Wildman–Crippen MR) is 79.5 cm³/mol. The molecule has 2 N–H and O–H groups in total. The SMILES string of the molecule is CN(C)CCN1CCN(C(=O)c2ccnc(N)c2)CC1.